The first-order valence-corrected chi connectivity index (χ1v) is 5.89. The molecule has 0 spiro atoms. The third-order valence-electron chi connectivity index (χ3n) is 2.61. The van der Waals surface area contributed by atoms with Crippen LogP contribution < -0.4 is 10.5 Å². The number of nitrogens with zero attached hydrogens (tertiary/aromatic N) is 1. The molecule has 1 aromatic heterocycles. The standard InChI is InChI=1S/C12H10ClFN2O2/c13-9-4-6(14)3-8(10-5-11(15)16-18-10)12(9)17-7-1-2-7/h3-5,7H,1-2H2,(H2,15,16). The van der Waals surface area contributed by atoms with Crippen LogP contribution in [0.25, 0.3) is 11.3 Å². The molecule has 1 heterocycles. The second-order valence-electron chi connectivity index (χ2n) is 4.20. The van der Waals surface area contributed by atoms with Gasteiger partial charge in [0, 0.05) is 6.07 Å². The first-order valence-electron chi connectivity index (χ1n) is 5.52. The van der Waals surface area contributed by atoms with E-state index in [-0.39, 0.29) is 16.9 Å². The van der Waals surface area contributed by atoms with Crippen LogP contribution in [0.1, 0.15) is 12.8 Å². The van der Waals surface area contributed by atoms with Crippen molar-refractivity contribution >= 4 is 17.4 Å². The molecular weight excluding hydrogens is 259 g/mol. The summed E-state index contributed by atoms with van der Waals surface area (Å²) in [5.41, 5.74) is 5.91. The first kappa shape index (κ1) is 11.3. The molecule has 0 bridgehead atoms. The van der Waals surface area contributed by atoms with Crippen molar-refractivity contribution in [1.29, 1.82) is 0 Å². The van der Waals surface area contributed by atoms with Crippen molar-refractivity contribution in [1.82, 2.24) is 5.16 Å². The highest BCUT2D eigenvalue weighted by Crippen LogP contribution is 2.40. The maximum absolute atomic E-state index is 13.4. The quantitative estimate of drug-likeness (QED) is 0.928. The Labute approximate surface area is 107 Å². The Bertz CT molecular complexity index is 596. The van der Waals surface area contributed by atoms with Crippen LogP contribution in [0.3, 0.4) is 0 Å². The van der Waals surface area contributed by atoms with Gasteiger partial charge in [0.05, 0.1) is 16.7 Å². The average Bonchev–Trinajstić information content (AvgIpc) is 3.03. The third kappa shape index (κ3) is 2.13. The molecule has 1 saturated carbocycles. The Morgan fingerprint density at radius 3 is 2.78 bits per heavy atom. The van der Waals surface area contributed by atoms with E-state index in [0.29, 0.717) is 17.1 Å². The highest BCUT2D eigenvalue weighted by atomic mass is 35.5. The summed E-state index contributed by atoms with van der Waals surface area (Å²) in [6, 6.07) is 4.01. The van der Waals surface area contributed by atoms with Crippen LogP contribution in [0.15, 0.2) is 22.7 Å². The molecule has 0 atom stereocenters. The van der Waals surface area contributed by atoms with Gasteiger partial charge in [-0.1, -0.05) is 16.8 Å². The lowest BCUT2D eigenvalue weighted by Crippen LogP contribution is -1.99. The zero-order valence-electron chi connectivity index (χ0n) is 9.32. The first-order chi connectivity index (χ1) is 8.63. The normalized spacial score (nSPS) is 14.8. The van der Waals surface area contributed by atoms with Crippen molar-refractivity contribution in [3.8, 4) is 17.1 Å². The number of nitrogen functional groups attached to an aromatic ring is 1. The molecule has 94 valence electrons. The summed E-state index contributed by atoms with van der Waals surface area (Å²) in [7, 11) is 0. The number of anilines is 1. The molecule has 6 heteroatoms. The number of aromatic nitrogens is 1. The van der Waals surface area contributed by atoms with E-state index >= 15 is 0 Å². The van der Waals surface area contributed by atoms with E-state index in [9.17, 15) is 4.39 Å². The Morgan fingerprint density at radius 2 is 2.17 bits per heavy atom. The minimum absolute atomic E-state index is 0.145. The summed E-state index contributed by atoms with van der Waals surface area (Å²) >= 11 is 6.00. The van der Waals surface area contributed by atoms with Gasteiger partial charge in [-0.25, -0.2) is 4.39 Å². The van der Waals surface area contributed by atoms with Gasteiger partial charge in [0.1, 0.15) is 11.6 Å². The van der Waals surface area contributed by atoms with Crippen LogP contribution in [-0.4, -0.2) is 11.3 Å². The summed E-state index contributed by atoms with van der Waals surface area (Å²) < 4.78 is 24.1. The van der Waals surface area contributed by atoms with Gasteiger partial charge in [0.2, 0.25) is 0 Å². The zero-order chi connectivity index (χ0) is 12.7. The van der Waals surface area contributed by atoms with Crippen LogP contribution in [0, 0.1) is 5.82 Å². The zero-order valence-corrected chi connectivity index (χ0v) is 10.1. The second-order valence-corrected chi connectivity index (χ2v) is 4.60. The summed E-state index contributed by atoms with van der Waals surface area (Å²) in [6.07, 6.45) is 2.10. The van der Waals surface area contributed by atoms with E-state index in [0.717, 1.165) is 12.8 Å². The predicted octanol–water partition coefficient (Wildman–Crippen LogP) is 3.26. The average molecular weight is 269 g/mol. The van der Waals surface area contributed by atoms with E-state index in [1.165, 1.54) is 18.2 Å². The van der Waals surface area contributed by atoms with Crippen LogP contribution >= 0.6 is 11.6 Å². The van der Waals surface area contributed by atoms with E-state index in [2.05, 4.69) is 5.16 Å². The molecule has 0 amide bonds. The molecule has 0 saturated heterocycles. The predicted molar refractivity (Wildman–Crippen MR) is 65.0 cm³/mol. The van der Waals surface area contributed by atoms with Crippen molar-refractivity contribution in [3.63, 3.8) is 0 Å². The van der Waals surface area contributed by atoms with E-state index in [1.54, 1.807) is 0 Å². The number of hydrogen-bond donors (Lipinski definition) is 1. The van der Waals surface area contributed by atoms with Crippen LogP contribution in [0.2, 0.25) is 5.02 Å². The Morgan fingerprint density at radius 1 is 1.39 bits per heavy atom. The van der Waals surface area contributed by atoms with Crippen LogP contribution in [-0.2, 0) is 0 Å². The van der Waals surface area contributed by atoms with E-state index in [4.69, 9.17) is 26.6 Å². The number of benzene rings is 1. The lowest BCUT2D eigenvalue weighted by molar-refractivity contribution is 0.303. The number of ether oxygens (including phenoxy) is 1. The number of hydrogen-bond acceptors (Lipinski definition) is 4. The molecule has 18 heavy (non-hydrogen) atoms. The van der Waals surface area contributed by atoms with Crippen molar-refractivity contribution in [2.24, 2.45) is 0 Å². The van der Waals surface area contributed by atoms with Crippen molar-refractivity contribution in [3.05, 3.63) is 29.0 Å². The van der Waals surface area contributed by atoms with E-state index < -0.39 is 5.82 Å². The van der Waals surface area contributed by atoms with Gasteiger partial charge < -0.3 is 15.0 Å². The van der Waals surface area contributed by atoms with E-state index in [1.807, 2.05) is 0 Å². The lowest BCUT2D eigenvalue weighted by Gasteiger charge is -2.10. The smallest absolute Gasteiger partial charge is 0.172 e. The van der Waals surface area contributed by atoms with Gasteiger partial charge >= 0.3 is 0 Å². The van der Waals surface area contributed by atoms with Gasteiger partial charge in [-0.3, -0.25) is 0 Å². The molecule has 4 nitrogen and oxygen atoms in total. The fourth-order valence-corrected chi connectivity index (χ4v) is 1.88. The number of rotatable bonds is 3. The fourth-order valence-electron chi connectivity index (χ4n) is 1.63. The second kappa shape index (κ2) is 4.17. The third-order valence-corrected chi connectivity index (χ3v) is 2.89. The molecular formula is C12H10ClFN2O2. The Hall–Kier alpha value is -1.75. The maximum atomic E-state index is 13.4. The largest absolute Gasteiger partial charge is 0.488 e. The van der Waals surface area contributed by atoms with Gasteiger partial charge in [-0.2, -0.15) is 0 Å². The monoisotopic (exact) mass is 268 g/mol. The summed E-state index contributed by atoms with van der Waals surface area (Å²) in [6.45, 7) is 0. The summed E-state index contributed by atoms with van der Waals surface area (Å²) in [5.74, 6) is 0.511. The molecule has 1 aliphatic carbocycles. The number of halogens is 2. The Balaban J connectivity index is 2.09. The van der Waals surface area contributed by atoms with Crippen LogP contribution in [0.4, 0.5) is 10.2 Å². The van der Waals surface area contributed by atoms with Gasteiger partial charge in [-0.05, 0) is 25.0 Å². The highest BCUT2D eigenvalue weighted by molar-refractivity contribution is 6.32. The highest BCUT2D eigenvalue weighted by Gasteiger charge is 2.27. The number of nitrogens with two attached hydrogens (primary N) is 1. The summed E-state index contributed by atoms with van der Waals surface area (Å²) in [4.78, 5) is 0. The topological polar surface area (TPSA) is 61.3 Å². The maximum Gasteiger partial charge on any atom is 0.172 e. The summed E-state index contributed by atoms with van der Waals surface area (Å²) in [5, 5.41) is 3.78. The molecule has 3 rings (SSSR count). The van der Waals surface area contributed by atoms with Crippen LogP contribution in [0.5, 0.6) is 5.75 Å². The molecule has 0 unspecified atom stereocenters. The van der Waals surface area contributed by atoms with Crippen molar-refractivity contribution in [2.75, 3.05) is 5.73 Å². The minimum atomic E-state index is -0.465. The molecule has 1 aliphatic rings. The lowest BCUT2D eigenvalue weighted by atomic mass is 10.1. The molecule has 0 radical (unpaired) electrons. The molecule has 1 aromatic carbocycles. The van der Waals surface area contributed by atoms with Gasteiger partial charge in [0.15, 0.2) is 11.6 Å². The van der Waals surface area contributed by atoms with Crippen molar-refractivity contribution in [2.45, 2.75) is 18.9 Å². The van der Waals surface area contributed by atoms with Gasteiger partial charge in [0.25, 0.3) is 0 Å². The Kier molecular flexibility index (Phi) is 2.63. The minimum Gasteiger partial charge on any atom is -0.488 e. The molecule has 2 aromatic rings. The SMILES string of the molecule is Nc1cc(-c2cc(F)cc(Cl)c2OC2CC2)on1. The molecule has 2 N–H and O–H groups in total. The van der Waals surface area contributed by atoms with Crippen molar-refractivity contribution < 1.29 is 13.7 Å². The van der Waals surface area contributed by atoms with Gasteiger partial charge in [-0.15, -0.1) is 0 Å². The fraction of sp³-hybridized carbons (Fsp3) is 0.250. The molecule has 0 aliphatic heterocycles. The molecule has 1 fully saturated rings.